The second-order valence-corrected chi connectivity index (χ2v) is 5.09. The molecular formula is C12H11BrN2O3. The molecule has 0 N–H and O–H groups in total. The number of benzene rings is 1. The summed E-state index contributed by atoms with van der Waals surface area (Å²) in [5, 5.41) is 0. The van der Waals surface area contributed by atoms with E-state index in [9.17, 15) is 14.4 Å². The number of carbonyl (C=O) groups excluding carboxylic acids is 3. The summed E-state index contributed by atoms with van der Waals surface area (Å²) in [6, 6.07) is 4.98. The molecule has 1 aromatic rings. The molecule has 0 saturated carbocycles. The first kappa shape index (κ1) is 12.8. The van der Waals surface area contributed by atoms with Crippen LogP contribution in [0.5, 0.6) is 0 Å². The Morgan fingerprint density at radius 3 is 2.61 bits per heavy atom. The number of amides is 2. The van der Waals surface area contributed by atoms with Crippen molar-refractivity contribution in [2.75, 3.05) is 25.5 Å². The molecule has 5 nitrogen and oxygen atoms in total. The van der Waals surface area contributed by atoms with Crippen molar-refractivity contribution in [3.05, 3.63) is 28.2 Å². The van der Waals surface area contributed by atoms with Gasteiger partial charge in [0.2, 0.25) is 5.91 Å². The van der Waals surface area contributed by atoms with Gasteiger partial charge in [0.15, 0.2) is 0 Å². The van der Waals surface area contributed by atoms with Crippen LogP contribution in [0.4, 0.5) is 5.69 Å². The molecule has 0 unspecified atom stereocenters. The second-order valence-electron chi connectivity index (χ2n) is 4.17. The quantitative estimate of drug-likeness (QED) is 0.768. The number of Topliss-reactive ketones (excluding diaryl/α,β-unsaturated/α-hetero) is 1. The Morgan fingerprint density at radius 1 is 1.33 bits per heavy atom. The van der Waals surface area contributed by atoms with E-state index in [-0.39, 0.29) is 12.5 Å². The van der Waals surface area contributed by atoms with Crippen LogP contribution >= 0.6 is 15.9 Å². The Morgan fingerprint density at radius 2 is 2.00 bits per heavy atom. The van der Waals surface area contributed by atoms with Crippen molar-refractivity contribution >= 4 is 39.2 Å². The Bertz CT molecular complexity index is 554. The maximum absolute atomic E-state index is 11.8. The first-order valence-electron chi connectivity index (χ1n) is 5.27. The number of halogens is 1. The Labute approximate surface area is 112 Å². The van der Waals surface area contributed by atoms with Crippen molar-refractivity contribution in [1.82, 2.24) is 4.90 Å². The van der Waals surface area contributed by atoms with Gasteiger partial charge in [0, 0.05) is 18.6 Å². The van der Waals surface area contributed by atoms with E-state index >= 15 is 0 Å². The third-order valence-corrected chi connectivity index (χ3v) is 3.22. The van der Waals surface area contributed by atoms with Crippen LogP contribution in [0.2, 0.25) is 0 Å². The number of fused-ring (bicyclic) bond motifs is 1. The van der Waals surface area contributed by atoms with Gasteiger partial charge >= 0.3 is 0 Å². The molecule has 0 spiro atoms. The van der Waals surface area contributed by atoms with Gasteiger partial charge in [-0.15, -0.1) is 0 Å². The average molecular weight is 311 g/mol. The lowest BCUT2D eigenvalue weighted by atomic mass is 10.1. The highest BCUT2D eigenvalue weighted by Gasteiger charge is 2.36. The number of ketones is 1. The van der Waals surface area contributed by atoms with Gasteiger partial charge in [0.05, 0.1) is 11.3 Å². The largest absolute Gasteiger partial charge is 0.347 e. The lowest BCUT2D eigenvalue weighted by molar-refractivity contribution is -0.128. The molecule has 1 aliphatic rings. The summed E-state index contributed by atoms with van der Waals surface area (Å²) in [7, 11) is 3.21. The standard InChI is InChI=1S/C12H11BrN2O3/c1-14(2)10(16)6-15-9-4-3-7(13)5-8(9)11(17)12(15)18/h3-5H,6H2,1-2H3. The zero-order valence-electron chi connectivity index (χ0n) is 9.94. The number of carbonyl (C=O) groups is 3. The maximum atomic E-state index is 11.8. The molecule has 1 heterocycles. The fraction of sp³-hybridized carbons (Fsp3) is 0.250. The number of likely N-dealkylation sites (N-methyl/N-ethyl adjacent to an activating group) is 1. The SMILES string of the molecule is CN(C)C(=O)CN1C(=O)C(=O)c2cc(Br)ccc21. The first-order chi connectivity index (χ1) is 8.41. The first-order valence-corrected chi connectivity index (χ1v) is 6.07. The summed E-state index contributed by atoms with van der Waals surface area (Å²) in [4.78, 5) is 37.8. The van der Waals surface area contributed by atoms with E-state index < -0.39 is 11.7 Å². The van der Waals surface area contributed by atoms with Crippen LogP contribution in [-0.4, -0.2) is 43.1 Å². The molecule has 1 aliphatic heterocycles. The fourth-order valence-corrected chi connectivity index (χ4v) is 2.07. The van der Waals surface area contributed by atoms with Crippen molar-refractivity contribution in [3.63, 3.8) is 0 Å². The van der Waals surface area contributed by atoms with Gasteiger partial charge in [-0.1, -0.05) is 15.9 Å². The van der Waals surface area contributed by atoms with E-state index in [0.717, 1.165) is 4.47 Å². The van der Waals surface area contributed by atoms with Gasteiger partial charge in [0.1, 0.15) is 6.54 Å². The van der Waals surface area contributed by atoms with Crippen LogP contribution in [0.25, 0.3) is 0 Å². The third kappa shape index (κ3) is 2.03. The van der Waals surface area contributed by atoms with Crippen LogP contribution in [0.3, 0.4) is 0 Å². The Hall–Kier alpha value is -1.69. The summed E-state index contributed by atoms with van der Waals surface area (Å²) < 4.78 is 0.725. The Kier molecular flexibility index (Phi) is 3.21. The molecule has 2 amide bonds. The van der Waals surface area contributed by atoms with E-state index in [1.165, 1.54) is 9.80 Å². The molecule has 6 heteroatoms. The molecule has 0 fully saturated rings. The number of hydrogen-bond donors (Lipinski definition) is 0. The summed E-state index contributed by atoms with van der Waals surface area (Å²) >= 11 is 3.25. The molecule has 94 valence electrons. The highest BCUT2D eigenvalue weighted by Crippen LogP contribution is 2.31. The highest BCUT2D eigenvalue weighted by atomic mass is 79.9. The summed E-state index contributed by atoms with van der Waals surface area (Å²) in [5.74, 6) is -1.46. The minimum Gasteiger partial charge on any atom is -0.347 e. The van der Waals surface area contributed by atoms with E-state index in [0.29, 0.717) is 11.3 Å². The lowest BCUT2D eigenvalue weighted by Gasteiger charge is -2.18. The topological polar surface area (TPSA) is 57.7 Å². The molecule has 18 heavy (non-hydrogen) atoms. The third-order valence-electron chi connectivity index (χ3n) is 2.73. The van der Waals surface area contributed by atoms with E-state index in [1.54, 1.807) is 32.3 Å². The molecule has 0 saturated heterocycles. The summed E-state index contributed by atoms with van der Waals surface area (Å²) in [6.07, 6.45) is 0. The smallest absolute Gasteiger partial charge is 0.299 e. The van der Waals surface area contributed by atoms with Crippen LogP contribution in [0, 0.1) is 0 Å². The number of anilines is 1. The second kappa shape index (κ2) is 4.53. The minimum absolute atomic E-state index is 0.119. The van der Waals surface area contributed by atoms with E-state index in [1.807, 2.05) is 0 Å². The molecule has 2 rings (SSSR count). The molecule has 0 atom stereocenters. The van der Waals surface area contributed by atoms with Crippen LogP contribution in [0.1, 0.15) is 10.4 Å². The van der Waals surface area contributed by atoms with Gasteiger partial charge in [-0.3, -0.25) is 19.3 Å². The molecule has 1 aromatic carbocycles. The zero-order valence-corrected chi connectivity index (χ0v) is 11.5. The monoisotopic (exact) mass is 310 g/mol. The van der Waals surface area contributed by atoms with Crippen molar-refractivity contribution in [2.45, 2.75) is 0 Å². The van der Waals surface area contributed by atoms with Crippen LogP contribution < -0.4 is 4.90 Å². The molecule has 0 aliphatic carbocycles. The number of hydrogen-bond acceptors (Lipinski definition) is 3. The van der Waals surface area contributed by atoms with Gasteiger partial charge in [-0.05, 0) is 18.2 Å². The highest BCUT2D eigenvalue weighted by molar-refractivity contribution is 9.10. The summed E-state index contributed by atoms with van der Waals surface area (Å²) in [5.41, 5.74) is 0.823. The van der Waals surface area contributed by atoms with Crippen LogP contribution in [0.15, 0.2) is 22.7 Å². The van der Waals surface area contributed by atoms with Crippen molar-refractivity contribution < 1.29 is 14.4 Å². The van der Waals surface area contributed by atoms with Crippen molar-refractivity contribution in [2.24, 2.45) is 0 Å². The fourth-order valence-electron chi connectivity index (χ4n) is 1.71. The molecule has 0 aromatic heterocycles. The predicted molar refractivity (Wildman–Crippen MR) is 69.5 cm³/mol. The summed E-state index contributed by atoms with van der Waals surface area (Å²) in [6.45, 7) is -0.119. The van der Waals surface area contributed by atoms with Gasteiger partial charge in [-0.2, -0.15) is 0 Å². The van der Waals surface area contributed by atoms with Crippen LogP contribution in [-0.2, 0) is 9.59 Å². The number of rotatable bonds is 2. The average Bonchev–Trinajstić information content (AvgIpc) is 2.54. The predicted octanol–water partition coefficient (Wildman–Crippen LogP) is 1.07. The van der Waals surface area contributed by atoms with Gasteiger partial charge in [0.25, 0.3) is 11.7 Å². The molecular weight excluding hydrogens is 300 g/mol. The molecule has 0 bridgehead atoms. The van der Waals surface area contributed by atoms with E-state index in [2.05, 4.69) is 15.9 Å². The van der Waals surface area contributed by atoms with Crippen molar-refractivity contribution in [3.8, 4) is 0 Å². The normalized spacial score (nSPS) is 13.8. The lowest BCUT2D eigenvalue weighted by Crippen LogP contribution is -2.39. The number of nitrogens with zero attached hydrogens (tertiary/aromatic N) is 2. The van der Waals surface area contributed by atoms with Crippen molar-refractivity contribution in [1.29, 1.82) is 0 Å². The molecule has 0 radical (unpaired) electrons. The van der Waals surface area contributed by atoms with Gasteiger partial charge < -0.3 is 4.90 Å². The van der Waals surface area contributed by atoms with Gasteiger partial charge in [-0.25, -0.2) is 0 Å². The van der Waals surface area contributed by atoms with E-state index in [4.69, 9.17) is 0 Å². The Balaban J connectivity index is 2.37. The minimum atomic E-state index is -0.654. The zero-order chi connectivity index (χ0) is 13.4. The maximum Gasteiger partial charge on any atom is 0.299 e.